The highest BCUT2D eigenvalue weighted by Crippen LogP contribution is 2.33. The Bertz CT molecular complexity index is 1260. The number of piperidine rings is 1. The standard InChI is InChI=1S/C28H36N6O4/c1-20-15-22(31-26(30-20)34-12-10-29-18-34)23-7-5-6-11-32(23)13-14-33(27(35)38-28(2,3)4)17-21-8-9-24-25(16-21)37-19-36-24/h8-10,12,15-16,18,23H,5-7,11,13-14,17,19H2,1-4H3. The first-order chi connectivity index (χ1) is 18.2. The lowest BCUT2D eigenvalue weighted by molar-refractivity contribution is 0.0193. The van der Waals surface area contributed by atoms with E-state index in [1.807, 2.05) is 56.7 Å². The molecule has 1 amide bonds. The molecule has 5 rings (SSSR count). The van der Waals surface area contributed by atoms with E-state index in [9.17, 15) is 4.79 Å². The fourth-order valence-corrected chi connectivity index (χ4v) is 4.90. The van der Waals surface area contributed by atoms with Gasteiger partial charge in [0, 0.05) is 37.7 Å². The Hall–Kier alpha value is -3.66. The molecule has 0 bridgehead atoms. The van der Waals surface area contributed by atoms with Gasteiger partial charge < -0.3 is 19.1 Å². The summed E-state index contributed by atoms with van der Waals surface area (Å²) in [7, 11) is 0. The van der Waals surface area contributed by atoms with Gasteiger partial charge >= 0.3 is 6.09 Å². The zero-order valence-corrected chi connectivity index (χ0v) is 22.6. The number of aryl methyl sites for hydroxylation is 1. The van der Waals surface area contributed by atoms with Crippen LogP contribution >= 0.6 is 0 Å². The van der Waals surface area contributed by atoms with E-state index < -0.39 is 5.60 Å². The quantitative estimate of drug-likeness (QED) is 0.444. The van der Waals surface area contributed by atoms with Crippen LogP contribution < -0.4 is 9.47 Å². The van der Waals surface area contributed by atoms with Gasteiger partial charge in [0.05, 0.1) is 11.7 Å². The van der Waals surface area contributed by atoms with Crippen LogP contribution in [-0.2, 0) is 11.3 Å². The number of benzene rings is 1. The number of carbonyl (C=O) groups is 1. The highest BCUT2D eigenvalue weighted by atomic mass is 16.7. The molecule has 0 spiro atoms. The minimum Gasteiger partial charge on any atom is -0.454 e. The van der Waals surface area contributed by atoms with Crippen molar-refractivity contribution in [2.45, 2.75) is 65.1 Å². The highest BCUT2D eigenvalue weighted by molar-refractivity contribution is 5.68. The van der Waals surface area contributed by atoms with Crippen LogP contribution in [0.4, 0.5) is 4.79 Å². The van der Waals surface area contributed by atoms with Gasteiger partial charge in [-0.25, -0.2) is 19.7 Å². The van der Waals surface area contributed by atoms with Crippen molar-refractivity contribution in [1.29, 1.82) is 0 Å². The first-order valence-electron chi connectivity index (χ1n) is 13.2. The van der Waals surface area contributed by atoms with Gasteiger partial charge in [0.2, 0.25) is 12.7 Å². The van der Waals surface area contributed by atoms with Gasteiger partial charge in [-0.2, -0.15) is 0 Å². The van der Waals surface area contributed by atoms with Gasteiger partial charge in [-0.3, -0.25) is 9.47 Å². The molecule has 202 valence electrons. The van der Waals surface area contributed by atoms with Crippen LogP contribution in [0, 0.1) is 6.92 Å². The zero-order valence-electron chi connectivity index (χ0n) is 22.6. The average molecular weight is 521 g/mol. The van der Waals surface area contributed by atoms with Crippen molar-refractivity contribution in [3.05, 3.63) is 59.9 Å². The molecule has 0 N–H and O–H groups in total. The predicted octanol–water partition coefficient (Wildman–Crippen LogP) is 4.66. The number of ether oxygens (including phenoxy) is 3. The van der Waals surface area contributed by atoms with E-state index in [-0.39, 0.29) is 18.9 Å². The van der Waals surface area contributed by atoms with E-state index in [2.05, 4.69) is 20.9 Å². The minimum atomic E-state index is -0.583. The number of hydrogen-bond acceptors (Lipinski definition) is 8. The summed E-state index contributed by atoms with van der Waals surface area (Å²) in [6.07, 6.45) is 8.22. The maximum absolute atomic E-state index is 13.2. The maximum Gasteiger partial charge on any atom is 0.410 e. The Kier molecular flexibility index (Phi) is 7.51. The van der Waals surface area contributed by atoms with Crippen LogP contribution in [0.3, 0.4) is 0 Å². The summed E-state index contributed by atoms with van der Waals surface area (Å²) in [5.74, 6) is 2.06. The summed E-state index contributed by atoms with van der Waals surface area (Å²) in [6.45, 7) is 10.5. The molecule has 10 nitrogen and oxygen atoms in total. The molecule has 3 aromatic rings. The molecule has 0 radical (unpaired) electrons. The second-order valence-corrected chi connectivity index (χ2v) is 10.8. The van der Waals surface area contributed by atoms with Crippen molar-refractivity contribution in [2.75, 3.05) is 26.4 Å². The number of amides is 1. The van der Waals surface area contributed by atoms with Gasteiger partial charge in [0.15, 0.2) is 11.5 Å². The molecule has 38 heavy (non-hydrogen) atoms. The molecule has 1 atom stereocenters. The van der Waals surface area contributed by atoms with Crippen LogP contribution in [0.5, 0.6) is 11.5 Å². The van der Waals surface area contributed by atoms with Crippen molar-refractivity contribution in [3.8, 4) is 17.4 Å². The molecule has 2 aliphatic heterocycles. The highest BCUT2D eigenvalue weighted by Gasteiger charge is 2.29. The second kappa shape index (κ2) is 11.0. The zero-order chi connectivity index (χ0) is 26.7. The minimum absolute atomic E-state index is 0.152. The molecular formula is C28H36N6O4. The largest absolute Gasteiger partial charge is 0.454 e. The van der Waals surface area contributed by atoms with E-state index in [1.165, 1.54) is 0 Å². The monoisotopic (exact) mass is 520 g/mol. The summed E-state index contributed by atoms with van der Waals surface area (Å²) in [5, 5.41) is 0. The molecule has 10 heteroatoms. The molecule has 2 aliphatic rings. The third kappa shape index (κ3) is 6.24. The molecule has 0 aliphatic carbocycles. The maximum atomic E-state index is 13.2. The van der Waals surface area contributed by atoms with E-state index in [0.717, 1.165) is 48.5 Å². The third-order valence-corrected chi connectivity index (χ3v) is 6.67. The summed E-state index contributed by atoms with van der Waals surface area (Å²) in [5.41, 5.74) is 2.30. The number of hydrogen-bond donors (Lipinski definition) is 0. The number of carbonyl (C=O) groups excluding carboxylic acids is 1. The molecule has 1 unspecified atom stereocenters. The van der Waals surface area contributed by atoms with Crippen molar-refractivity contribution in [3.63, 3.8) is 0 Å². The normalized spacial score (nSPS) is 17.4. The summed E-state index contributed by atoms with van der Waals surface area (Å²) in [4.78, 5) is 31.1. The van der Waals surface area contributed by atoms with Gasteiger partial charge in [0.25, 0.3) is 0 Å². The van der Waals surface area contributed by atoms with Gasteiger partial charge in [-0.05, 0) is 70.8 Å². The smallest absolute Gasteiger partial charge is 0.410 e. The third-order valence-electron chi connectivity index (χ3n) is 6.67. The lowest BCUT2D eigenvalue weighted by Gasteiger charge is -2.37. The number of fused-ring (bicyclic) bond motifs is 1. The number of likely N-dealkylation sites (tertiary alicyclic amines) is 1. The van der Waals surface area contributed by atoms with Crippen LogP contribution in [0.15, 0.2) is 43.0 Å². The summed E-state index contributed by atoms with van der Waals surface area (Å²) >= 11 is 0. The van der Waals surface area contributed by atoms with Crippen molar-refractivity contribution in [1.82, 2.24) is 29.3 Å². The molecular weight excluding hydrogens is 484 g/mol. The van der Waals surface area contributed by atoms with Crippen molar-refractivity contribution >= 4 is 6.09 Å². The fourth-order valence-electron chi connectivity index (χ4n) is 4.90. The van der Waals surface area contributed by atoms with E-state index in [1.54, 1.807) is 17.4 Å². The average Bonchev–Trinajstić information content (AvgIpc) is 3.57. The number of aromatic nitrogens is 4. The lowest BCUT2D eigenvalue weighted by atomic mass is 9.98. The number of nitrogens with zero attached hydrogens (tertiary/aromatic N) is 6. The molecule has 4 heterocycles. The molecule has 2 aromatic heterocycles. The van der Waals surface area contributed by atoms with Gasteiger partial charge in [0.1, 0.15) is 11.9 Å². The second-order valence-electron chi connectivity index (χ2n) is 10.8. The van der Waals surface area contributed by atoms with Gasteiger partial charge in [-0.1, -0.05) is 12.5 Å². The predicted molar refractivity (Wildman–Crippen MR) is 141 cm³/mol. The van der Waals surface area contributed by atoms with E-state index >= 15 is 0 Å². The van der Waals surface area contributed by atoms with Crippen molar-refractivity contribution in [2.24, 2.45) is 0 Å². The Balaban J connectivity index is 1.34. The Labute approximate surface area is 223 Å². The lowest BCUT2D eigenvalue weighted by Crippen LogP contribution is -2.43. The summed E-state index contributed by atoms with van der Waals surface area (Å²) < 4.78 is 18.6. The Morgan fingerprint density at radius 2 is 2.00 bits per heavy atom. The van der Waals surface area contributed by atoms with E-state index in [4.69, 9.17) is 19.2 Å². The first kappa shape index (κ1) is 26.0. The fraction of sp³-hybridized carbons (Fsp3) is 0.500. The topological polar surface area (TPSA) is 94.8 Å². The van der Waals surface area contributed by atoms with Crippen LogP contribution in [0.2, 0.25) is 0 Å². The number of imidazole rings is 1. The SMILES string of the molecule is Cc1cc(C2CCCCN2CCN(Cc2ccc3c(c2)OCO3)C(=O)OC(C)(C)C)nc(-n2ccnc2)n1. The summed E-state index contributed by atoms with van der Waals surface area (Å²) in [6, 6.07) is 8.02. The molecule has 1 saturated heterocycles. The Morgan fingerprint density at radius 3 is 2.79 bits per heavy atom. The van der Waals surface area contributed by atoms with Crippen LogP contribution in [0.25, 0.3) is 5.95 Å². The Morgan fingerprint density at radius 1 is 1.16 bits per heavy atom. The van der Waals surface area contributed by atoms with Gasteiger partial charge in [-0.15, -0.1) is 0 Å². The first-order valence-corrected chi connectivity index (χ1v) is 13.2. The molecule has 1 aromatic carbocycles. The van der Waals surface area contributed by atoms with Crippen molar-refractivity contribution < 1.29 is 19.0 Å². The van der Waals surface area contributed by atoms with Crippen LogP contribution in [0.1, 0.15) is 63.0 Å². The molecule has 1 fully saturated rings. The van der Waals surface area contributed by atoms with E-state index in [0.29, 0.717) is 31.3 Å². The molecule has 0 saturated carbocycles. The van der Waals surface area contributed by atoms with Crippen LogP contribution in [-0.4, -0.2) is 67.4 Å². The number of rotatable bonds is 7.